The Morgan fingerprint density at radius 3 is 2.79 bits per heavy atom. The molecule has 2 rings (SSSR count). The Kier molecular flexibility index (Phi) is 2.40. The maximum Gasteiger partial charge on any atom is 0.0984 e. The number of fused-ring (bicyclic) bond motifs is 1. The minimum Gasteiger partial charge on any atom is -0.393 e. The van der Waals surface area contributed by atoms with Crippen molar-refractivity contribution < 1.29 is 5.11 Å². The van der Waals surface area contributed by atoms with E-state index in [9.17, 15) is 5.11 Å². The molecule has 0 aliphatic heterocycles. The second-order valence-corrected chi connectivity index (χ2v) is 6.12. The Labute approximate surface area is 89.0 Å². The maximum atomic E-state index is 9.55. The molecule has 0 saturated carbocycles. The molecule has 78 valence electrons. The van der Waals surface area contributed by atoms with E-state index in [0.717, 1.165) is 19.3 Å². The zero-order chi connectivity index (χ0) is 10.3. The molecular weight excluding hydrogens is 194 g/mol. The Balaban J connectivity index is 2.32. The number of aryl methyl sites for hydroxylation is 1. The molecule has 0 aromatic carbocycles. The van der Waals surface area contributed by atoms with Gasteiger partial charge in [-0.1, -0.05) is 20.8 Å². The van der Waals surface area contributed by atoms with Crippen LogP contribution in [-0.4, -0.2) is 16.2 Å². The summed E-state index contributed by atoms with van der Waals surface area (Å²) in [6, 6.07) is 0. The Morgan fingerprint density at radius 1 is 1.43 bits per heavy atom. The van der Waals surface area contributed by atoms with Crippen LogP contribution < -0.4 is 0 Å². The first-order chi connectivity index (χ1) is 6.47. The molecular formula is C11H17NOS. The van der Waals surface area contributed by atoms with E-state index in [1.165, 1.54) is 15.6 Å². The molecule has 0 amide bonds. The Bertz CT molecular complexity index is 338. The van der Waals surface area contributed by atoms with E-state index < -0.39 is 0 Å². The average Bonchev–Trinajstić information content (AvgIpc) is 2.45. The van der Waals surface area contributed by atoms with Gasteiger partial charge in [-0.25, -0.2) is 4.98 Å². The molecule has 14 heavy (non-hydrogen) atoms. The Hall–Kier alpha value is -0.410. The summed E-state index contributed by atoms with van der Waals surface area (Å²) in [5.41, 5.74) is 1.37. The van der Waals surface area contributed by atoms with Gasteiger partial charge in [-0.2, -0.15) is 0 Å². The van der Waals surface area contributed by atoms with Crippen LogP contribution in [-0.2, 0) is 18.3 Å². The normalized spacial score (nSPS) is 22.1. The highest BCUT2D eigenvalue weighted by molar-refractivity contribution is 7.11. The number of thiazole rings is 1. The third-order valence-corrected chi connectivity index (χ3v) is 4.10. The van der Waals surface area contributed by atoms with E-state index in [0.29, 0.717) is 0 Å². The quantitative estimate of drug-likeness (QED) is 0.714. The topological polar surface area (TPSA) is 33.1 Å². The minimum absolute atomic E-state index is 0.143. The molecule has 1 N–H and O–H groups in total. The summed E-state index contributed by atoms with van der Waals surface area (Å²) < 4.78 is 0. The lowest BCUT2D eigenvalue weighted by atomic mass is 9.97. The van der Waals surface area contributed by atoms with Crippen LogP contribution in [0.1, 0.15) is 42.8 Å². The monoisotopic (exact) mass is 211 g/mol. The van der Waals surface area contributed by atoms with E-state index in [4.69, 9.17) is 0 Å². The first-order valence-electron chi connectivity index (χ1n) is 5.14. The van der Waals surface area contributed by atoms with Crippen molar-refractivity contribution in [2.24, 2.45) is 0 Å². The van der Waals surface area contributed by atoms with Gasteiger partial charge in [0.25, 0.3) is 0 Å². The predicted octanol–water partition coefficient (Wildman–Crippen LogP) is 2.29. The van der Waals surface area contributed by atoms with Gasteiger partial charge in [0.15, 0.2) is 0 Å². The highest BCUT2D eigenvalue weighted by Gasteiger charge is 2.25. The largest absolute Gasteiger partial charge is 0.393 e. The van der Waals surface area contributed by atoms with Gasteiger partial charge in [-0.3, -0.25) is 0 Å². The van der Waals surface area contributed by atoms with Gasteiger partial charge in [0.1, 0.15) is 0 Å². The van der Waals surface area contributed by atoms with E-state index >= 15 is 0 Å². The fraction of sp³-hybridized carbons (Fsp3) is 0.727. The van der Waals surface area contributed by atoms with Crippen LogP contribution in [0.15, 0.2) is 0 Å². The molecule has 1 aromatic rings. The molecule has 1 heterocycles. The van der Waals surface area contributed by atoms with Crippen molar-refractivity contribution in [3.05, 3.63) is 15.6 Å². The van der Waals surface area contributed by atoms with Crippen LogP contribution >= 0.6 is 11.3 Å². The van der Waals surface area contributed by atoms with Crippen LogP contribution in [0.3, 0.4) is 0 Å². The summed E-state index contributed by atoms with van der Waals surface area (Å²) in [7, 11) is 0. The predicted molar refractivity (Wildman–Crippen MR) is 58.8 cm³/mol. The molecule has 1 aliphatic rings. The summed E-state index contributed by atoms with van der Waals surface area (Å²) >= 11 is 1.77. The van der Waals surface area contributed by atoms with Gasteiger partial charge >= 0.3 is 0 Å². The highest BCUT2D eigenvalue weighted by Crippen LogP contribution is 2.33. The first kappa shape index (κ1) is 10.1. The number of aliphatic hydroxyl groups is 1. The summed E-state index contributed by atoms with van der Waals surface area (Å²) in [6.07, 6.45) is 2.49. The molecule has 1 atom stereocenters. The lowest BCUT2D eigenvalue weighted by Crippen LogP contribution is -2.17. The van der Waals surface area contributed by atoms with Crippen LogP contribution in [0.5, 0.6) is 0 Å². The van der Waals surface area contributed by atoms with Gasteiger partial charge in [-0.05, 0) is 12.8 Å². The van der Waals surface area contributed by atoms with Crippen molar-refractivity contribution in [1.82, 2.24) is 4.98 Å². The van der Waals surface area contributed by atoms with Gasteiger partial charge in [0, 0.05) is 16.7 Å². The van der Waals surface area contributed by atoms with E-state index in [1.54, 1.807) is 11.3 Å². The molecule has 1 aliphatic carbocycles. The van der Waals surface area contributed by atoms with Gasteiger partial charge < -0.3 is 5.11 Å². The first-order valence-corrected chi connectivity index (χ1v) is 5.95. The van der Waals surface area contributed by atoms with Crippen molar-refractivity contribution in [2.45, 2.75) is 51.6 Å². The van der Waals surface area contributed by atoms with Crippen LogP contribution in [0.4, 0.5) is 0 Å². The van der Waals surface area contributed by atoms with Gasteiger partial charge in [-0.15, -0.1) is 11.3 Å². The summed E-state index contributed by atoms with van der Waals surface area (Å²) in [5, 5.41) is 10.8. The van der Waals surface area contributed by atoms with Gasteiger partial charge in [0.05, 0.1) is 16.8 Å². The second kappa shape index (κ2) is 3.31. The van der Waals surface area contributed by atoms with Gasteiger partial charge in [0.2, 0.25) is 0 Å². The standard InChI is InChI=1S/C11H17NOS/c1-11(2,3)10-12-8-5-4-7(13)6-9(8)14-10/h7,13H,4-6H2,1-3H3. The number of nitrogens with zero attached hydrogens (tertiary/aromatic N) is 1. The van der Waals surface area contributed by atoms with E-state index in [2.05, 4.69) is 25.8 Å². The molecule has 0 bridgehead atoms. The summed E-state index contributed by atoms with van der Waals surface area (Å²) in [4.78, 5) is 5.96. The molecule has 2 nitrogen and oxygen atoms in total. The lowest BCUT2D eigenvalue weighted by molar-refractivity contribution is 0.159. The molecule has 0 radical (unpaired) electrons. The van der Waals surface area contributed by atoms with Crippen LogP contribution in [0.2, 0.25) is 0 Å². The third-order valence-electron chi connectivity index (χ3n) is 2.56. The van der Waals surface area contributed by atoms with Crippen molar-refractivity contribution in [1.29, 1.82) is 0 Å². The van der Waals surface area contributed by atoms with Crippen LogP contribution in [0, 0.1) is 0 Å². The zero-order valence-electron chi connectivity index (χ0n) is 9.00. The highest BCUT2D eigenvalue weighted by atomic mass is 32.1. The fourth-order valence-electron chi connectivity index (χ4n) is 1.68. The number of aliphatic hydroxyl groups excluding tert-OH is 1. The molecule has 3 heteroatoms. The molecule has 1 unspecified atom stereocenters. The van der Waals surface area contributed by atoms with E-state index in [1.807, 2.05) is 0 Å². The SMILES string of the molecule is CC(C)(C)c1nc2c(s1)CC(O)CC2. The van der Waals surface area contributed by atoms with Crippen LogP contribution in [0.25, 0.3) is 0 Å². The summed E-state index contributed by atoms with van der Waals surface area (Å²) in [6.45, 7) is 6.56. The van der Waals surface area contributed by atoms with Crippen molar-refractivity contribution in [2.75, 3.05) is 0 Å². The molecule has 0 spiro atoms. The molecule has 0 fully saturated rings. The number of aromatic nitrogens is 1. The number of hydrogen-bond acceptors (Lipinski definition) is 3. The number of rotatable bonds is 0. The zero-order valence-corrected chi connectivity index (χ0v) is 9.82. The average molecular weight is 211 g/mol. The molecule has 1 aromatic heterocycles. The second-order valence-electron chi connectivity index (χ2n) is 5.04. The fourth-order valence-corrected chi connectivity index (χ4v) is 2.92. The maximum absolute atomic E-state index is 9.55. The minimum atomic E-state index is -0.143. The third kappa shape index (κ3) is 1.84. The Morgan fingerprint density at radius 2 is 2.14 bits per heavy atom. The van der Waals surface area contributed by atoms with Crippen molar-refractivity contribution in [3.63, 3.8) is 0 Å². The molecule has 0 saturated heterocycles. The number of hydrogen-bond donors (Lipinski definition) is 1. The van der Waals surface area contributed by atoms with Crippen molar-refractivity contribution >= 4 is 11.3 Å². The smallest absolute Gasteiger partial charge is 0.0984 e. The lowest BCUT2D eigenvalue weighted by Gasteiger charge is -2.14. The van der Waals surface area contributed by atoms with E-state index in [-0.39, 0.29) is 11.5 Å². The summed E-state index contributed by atoms with van der Waals surface area (Å²) in [5.74, 6) is 0. The van der Waals surface area contributed by atoms with Crippen molar-refractivity contribution in [3.8, 4) is 0 Å².